The molecule has 20 heavy (non-hydrogen) atoms. The van der Waals surface area contributed by atoms with Crippen LogP contribution in [0, 0.1) is 5.92 Å². The van der Waals surface area contributed by atoms with Gasteiger partial charge in [-0.25, -0.2) is 0 Å². The lowest BCUT2D eigenvalue weighted by molar-refractivity contribution is -0.121. The van der Waals surface area contributed by atoms with Crippen molar-refractivity contribution in [1.82, 2.24) is 10.2 Å². The van der Waals surface area contributed by atoms with E-state index in [0.29, 0.717) is 25.3 Å². The molecule has 1 saturated heterocycles. The first-order valence-electron chi connectivity index (χ1n) is 6.71. The van der Waals surface area contributed by atoms with Crippen LogP contribution in [-0.2, 0) is 10.5 Å². The second-order valence-corrected chi connectivity index (χ2v) is 5.85. The fraction of sp³-hybridized carbons (Fsp3) is 0.571. The Bertz CT molecular complexity index is 487. The van der Waals surface area contributed by atoms with E-state index in [-0.39, 0.29) is 17.7 Å². The van der Waals surface area contributed by atoms with Crippen LogP contribution in [0.2, 0.25) is 0 Å². The standard InChI is InChI=1S/C14H20N2O3S/c1-15-13(17)7-10-5-6-16(8-10)14(18)12-4-3-11(19-12)9-20-2/h3-4,10H,5-9H2,1-2H3,(H,15,17). The zero-order chi connectivity index (χ0) is 14.5. The number of rotatable bonds is 5. The molecular formula is C14H20N2O3S. The number of carbonyl (C=O) groups is 2. The minimum atomic E-state index is -0.0724. The zero-order valence-corrected chi connectivity index (χ0v) is 12.7. The highest BCUT2D eigenvalue weighted by atomic mass is 32.2. The maximum atomic E-state index is 12.3. The van der Waals surface area contributed by atoms with Gasteiger partial charge >= 0.3 is 0 Å². The Hall–Kier alpha value is -1.43. The topological polar surface area (TPSA) is 62.6 Å². The monoisotopic (exact) mass is 296 g/mol. The number of hydrogen-bond acceptors (Lipinski definition) is 4. The molecule has 110 valence electrons. The van der Waals surface area contributed by atoms with Crippen molar-refractivity contribution in [3.05, 3.63) is 23.7 Å². The first-order chi connectivity index (χ1) is 9.63. The average molecular weight is 296 g/mol. The van der Waals surface area contributed by atoms with Gasteiger partial charge in [-0.15, -0.1) is 0 Å². The van der Waals surface area contributed by atoms with E-state index in [1.54, 1.807) is 29.8 Å². The summed E-state index contributed by atoms with van der Waals surface area (Å²) in [6.45, 7) is 1.32. The highest BCUT2D eigenvalue weighted by molar-refractivity contribution is 7.97. The first kappa shape index (κ1) is 15.0. The van der Waals surface area contributed by atoms with Crippen LogP contribution in [0.15, 0.2) is 16.5 Å². The van der Waals surface area contributed by atoms with Gasteiger partial charge in [0.05, 0.1) is 5.75 Å². The van der Waals surface area contributed by atoms with Gasteiger partial charge in [-0.1, -0.05) is 0 Å². The molecule has 0 saturated carbocycles. The molecule has 0 aromatic carbocycles. The number of carbonyl (C=O) groups excluding carboxylic acids is 2. The summed E-state index contributed by atoms with van der Waals surface area (Å²) >= 11 is 1.66. The van der Waals surface area contributed by atoms with Gasteiger partial charge in [0.1, 0.15) is 5.76 Å². The SMILES string of the molecule is CNC(=O)CC1CCN(C(=O)c2ccc(CSC)o2)C1. The molecule has 1 aliphatic rings. The number of hydrogen-bond donors (Lipinski definition) is 1. The third kappa shape index (κ3) is 3.56. The zero-order valence-electron chi connectivity index (χ0n) is 11.8. The van der Waals surface area contributed by atoms with E-state index in [9.17, 15) is 9.59 Å². The Morgan fingerprint density at radius 1 is 1.50 bits per heavy atom. The fourth-order valence-electron chi connectivity index (χ4n) is 2.42. The Balaban J connectivity index is 1.91. The largest absolute Gasteiger partial charge is 0.455 e. The number of amides is 2. The van der Waals surface area contributed by atoms with Gasteiger partial charge in [-0.3, -0.25) is 9.59 Å². The maximum Gasteiger partial charge on any atom is 0.289 e. The number of thioether (sulfide) groups is 1. The van der Waals surface area contributed by atoms with Crippen molar-refractivity contribution in [1.29, 1.82) is 0 Å². The normalized spacial score (nSPS) is 18.3. The van der Waals surface area contributed by atoms with Crippen LogP contribution >= 0.6 is 11.8 Å². The molecular weight excluding hydrogens is 276 g/mol. The van der Waals surface area contributed by atoms with Crippen LogP contribution in [-0.4, -0.2) is 43.1 Å². The molecule has 0 aliphatic carbocycles. The van der Waals surface area contributed by atoms with Crippen LogP contribution in [0.3, 0.4) is 0 Å². The molecule has 1 aromatic heterocycles. The Labute approximate surface area is 123 Å². The van der Waals surface area contributed by atoms with Gasteiger partial charge in [-0.05, 0) is 30.7 Å². The third-order valence-corrected chi connectivity index (χ3v) is 4.06. The highest BCUT2D eigenvalue weighted by Crippen LogP contribution is 2.22. The lowest BCUT2D eigenvalue weighted by Crippen LogP contribution is -2.29. The van der Waals surface area contributed by atoms with E-state index in [4.69, 9.17) is 4.42 Å². The van der Waals surface area contributed by atoms with E-state index in [1.807, 2.05) is 12.3 Å². The van der Waals surface area contributed by atoms with Crippen molar-refractivity contribution < 1.29 is 14.0 Å². The Morgan fingerprint density at radius 2 is 2.30 bits per heavy atom. The number of furan rings is 1. The molecule has 2 amide bonds. The highest BCUT2D eigenvalue weighted by Gasteiger charge is 2.29. The molecule has 2 rings (SSSR count). The van der Waals surface area contributed by atoms with Gasteiger partial charge in [0.2, 0.25) is 5.91 Å². The number of nitrogens with zero attached hydrogens (tertiary/aromatic N) is 1. The molecule has 1 fully saturated rings. The molecule has 1 atom stereocenters. The van der Waals surface area contributed by atoms with E-state index in [1.165, 1.54) is 0 Å². The van der Waals surface area contributed by atoms with Crippen LogP contribution in [0.4, 0.5) is 0 Å². The Kier molecular flexibility index (Phi) is 5.11. The summed E-state index contributed by atoms with van der Waals surface area (Å²) in [5.41, 5.74) is 0. The molecule has 0 spiro atoms. The van der Waals surface area contributed by atoms with Crippen LogP contribution in [0.25, 0.3) is 0 Å². The van der Waals surface area contributed by atoms with Gasteiger partial charge in [0.25, 0.3) is 5.91 Å². The number of likely N-dealkylation sites (tertiary alicyclic amines) is 1. The molecule has 6 heteroatoms. The maximum absolute atomic E-state index is 12.3. The van der Waals surface area contributed by atoms with Gasteiger partial charge < -0.3 is 14.6 Å². The molecule has 1 unspecified atom stereocenters. The summed E-state index contributed by atoms with van der Waals surface area (Å²) in [4.78, 5) is 25.4. The van der Waals surface area contributed by atoms with Crippen molar-refractivity contribution in [2.45, 2.75) is 18.6 Å². The second kappa shape index (κ2) is 6.83. The first-order valence-corrected chi connectivity index (χ1v) is 8.11. The molecule has 1 N–H and O–H groups in total. The summed E-state index contributed by atoms with van der Waals surface area (Å²) < 4.78 is 5.54. The van der Waals surface area contributed by atoms with Crippen molar-refractivity contribution in [2.24, 2.45) is 5.92 Å². The smallest absolute Gasteiger partial charge is 0.289 e. The summed E-state index contributed by atoms with van der Waals surface area (Å²) in [7, 11) is 1.64. The fourth-order valence-corrected chi connectivity index (χ4v) is 2.86. The van der Waals surface area contributed by atoms with E-state index in [0.717, 1.165) is 17.9 Å². The lowest BCUT2D eigenvalue weighted by Gasteiger charge is -2.14. The van der Waals surface area contributed by atoms with Crippen molar-refractivity contribution in [3.63, 3.8) is 0 Å². The minimum absolute atomic E-state index is 0.0320. The van der Waals surface area contributed by atoms with Crippen molar-refractivity contribution in [3.8, 4) is 0 Å². The molecule has 0 radical (unpaired) electrons. The van der Waals surface area contributed by atoms with E-state index < -0.39 is 0 Å². The summed E-state index contributed by atoms with van der Waals surface area (Å²) in [6.07, 6.45) is 3.35. The predicted octanol–water partition coefficient (Wildman–Crippen LogP) is 1.74. The molecule has 2 heterocycles. The summed E-state index contributed by atoms with van der Waals surface area (Å²) in [6, 6.07) is 3.59. The molecule has 0 bridgehead atoms. The summed E-state index contributed by atoms with van der Waals surface area (Å²) in [5.74, 6) is 2.20. The van der Waals surface area contributed by atoms with E-state index >= 15 is 0 Å². The number of nitrogens with one attached hydrogen (secondary N) is 1. The third-order valence-electron chi connectivity index (χ3n) is 3.49. The molecule has 1 aliphatic heterocycles. The summed E-state index contributed by atoms with van der Waals surface area (Å²) in [5, 5.41) is 2.62. The molecule has 5 nitrogen and oxygen atoms in total. The predicted molar refractivity (Wildman–Crippen MR) is 78.6 cm³/mol. The minimum Gasteiger partial charge on any atom is -0.455 e. The quantitative estimate of drug-likeness (QED) is 0.899. The lowest BCUT2D eigenvalue weighted by atomic mass is 10.1. The van der Waals surface area contributed by atoms with Crippen molar-refractivity contribution in [2.75, 3.05) is 26.4 Å². The van der Waals surface area contributed by atoms with Gasteiger partial charge in [0.15, 0.2) is 5.76 Å². The van der Waals surface area contributed by atoms with Gasteiger partial charge in [0, 0.05) is 26.6 Å². The van der Waals surface area contributed by atoms with Crippen LogP contribution < -0.4 is 5.32 Å². The van der Waals surface area contributed by atoms with Crippen molar-refractivity contribution >= 4 is 23.6 Å². The average Bonchev–Trinajstić information content (AvgIpc) is 3.08. The van der Waals surface area contributed by atoms with Crippen LogP contribution in [0.5, 0.6) is 0 Å². The van der Waals surface area contributed by atoms with E-state index in [2.05, 4.69) is 5.32 Å². The van der Waals surface area contributed by atoms with Gasteiger partial charge in [-0.2, -0.15) is 11.8 Å². The Morgan fingerprint density at radius 3 is 3.00 bits per heavy atom. The second-order valence-electron chi connectivity index (χ2n) is 4.98. The molecule has 1 aromatic rings. The van der Waals surface area contributed by atoms with Crippen LogP contribution in [0.1, 0.15) is 29.2 Å².